The van der Waals surface area contributed by atoms with Gasteiger partial charge in [0.15, 0.2) is 0 Å². The normalized spacial score (nSPS) is 22.1. The van der Waals surface area contributed by atoms with Gasteiger partial charge in [0.25, 0.3) is 0 Å². The number of rotatable bonds is 2. The van der Waals surface area contributed by atoms with Crippen LogP contribution in [0.2, 0.25) is 0 Å². The molecular formula is C19H24FN3. The van der Waals surface area contributed by atoms with Gasteiger partial charge in [0.2, 0.25) is 0 Å². The highest BCUT2D eigenvalue weighted by atomic mass is 19.1. The second-order valence-electron chi connectivity index (χ2n) is 6.97. The third kappa shape index (κ3) is 2.80. The van der Waals surface area contributed by atoms with Crippen LogP contribution in [0.5, 0.6) is 0 Å². The molecule has 1 fully saturated rings. The molecule has 23 heavy (non-hydrogen) atoms. The Morgan fingerprint density at radius 3 is 2.65 bits per heavy atom. The van der Waals surface area contributed by atoms with Gasteiger partial charge in [-0.05, 0) is 57.0 Å². The maximum absolute atomic E-state index is 13.4. The van der Waals surface area contributed by atoms with E-state index in [1.807, 2.05) is 12.1 Å². The molecule has 122 valence electrons. The van der Waals surface area contributed by atoms with Gasteiger partial charge >= 0.3 is 0 Å². The van der Waals surface area contributed by atoms with Gasteiger partial charge in [-0.3, -0.25) is 4.68 Å². The number of fused-ring (bicyclic) bond motifs is 1. The lowest BCUT2D eigenvalue weighted by Crippen LogP contribution is -2.27. The van der Waals surface area contributed by atoms with Crippen LogP contribution in [-0.2, 0) is 12.8 Å². The van der Waals surface area contributed by atoms with E-state index in [-0.39, 0.29) is 5.82 Å². The Hall–Kier alpha value is -1.68. The van der Waals surface area contributed by atoms with Crippen LogP contribution in [0.3, 0.4) is 0 Å². The zero-order chi connectivity index (χ0) is 15.8. The summed E-state index contributed by atoms with van der Waals surface area (Å²) >= 11 is 0. The second kappa shape index (κ2) is 6.08. The van der Waals surface area contributed by atoms with Crippen molar-refractivity contribution >= 4 is 0 Å². The van der Waals surface area contributed by atoms with E-state index in [1.165, 1.54) is 42.6 Å². The smallest absolute Gasteiger partial charge is 0.123 e. The Morgan fingerprint density at radius 2 is 1.91 bits per heavy atom. The largest absolute Gasteiger partial charge is 0.314 e. The molecule has 1 unspecified atom stereocenters. The molecule has 1 aliphatic carbocycles. The van der Waals surface area contributed by atoms with Crippen LogP contribution < -0.4 is 5.32 Å². The Balaban J connectivity index is 1.84. The molecule has 4 rings (SSSR count). The Morgan fingerprint density at radius 1 is 1.17 bits per heavy atom. The first-order valence-electron chi connectivity index (χ1n) is 8.82. The number of hydrogen-bond acceptors (Lipinski definition) is 2. The summed E-state index contributed by atoms with van der Waals surface area (Å²) in [4.78, 5) is 0. The fraction of sp³-hybridized carbons (Fsp3) is 0.526. The third-order valence-corrected chi connectivity index (χ3v) is 5.25. The molecule has 2 aliphatic rings. The predicted molar refractivity (Wildman–Crippen MR) is 90.0 cm³/mol. The average Bonchev–Trinajstić information content (AvgIpc) is 3.13. The topological polar surface area (TPSA) is 29.9 Å². The molecule has 4 heteroatoms. The molecule has 1 atom stereocenters. The molecule has 3 nitrogen and oxygen atoms in total. The third-order valence-electron chi connectivity index (χ3n) is 5.25. The van der Waals surface area contributed by atoms with Gasteiger partial charge in [-0.2, -0.15) is 5.10 Å². The van der Waals surface area contributed by atoms with Gasteiger partial charge in [-0.15, -0.1) is 0 Å². The summed E-state index contributed by atoms with van der Waals surface area (Å²) in [6, 6.07) is 7.89. The van der Waals surface area contributed by atoms with E-state index in [4.69, 9.17) is 5.10 Å². The minimum atomic E-state index is -0.179. The van der Waals surface area contributed by atoms with E-state index >= 15 is 0 Å². The first-order valence-corrected chi connectivity index (χ1v) is 8.82. The number of hydrogen-bond donors (Lipinski definition) is 1. The Labute approximate surface area is 136 Å². The number of nitrogens with one attached hydrogen (secondary N) is 1. The molecule has 1 aliphatic heterocycles. The maximum Gasteiger partial charge on any atom is 0.123 e. The van der Waals surface area contributed by atoms with Gasteiger partial charge < -0.3 is 5.32 Å². The zero-order valence-corrected chi connectivity index (χ0v) is 13.7. The van der Waals surface area contributed by atoms with Gasteiger partial charge in [0, 0.05) is 23.6 Å². The first kappa shape index (κ1) is 14.9. The Kier molecular flexibility index (Phi) is 3.93. The summed E-state index contributed by atoms with van der Waals surface area (Å²) in [5.74, 6) is -0.179. The van der Waals surface area contributed by atoms with Crippen LogP contribution >= 0.6 is 0 Å². The molecule has 0 amide bonds. The van der Waals surface area contributed by atoms with E-state index in [1.54, 1.807) is 12.1 Å². The van der Waals surface area contributed by atoms with Crippen LogP contribution in [0.15, 0.2) is 24.3 Å². The molecule has 1 aromatic carbocycles. The van der Waals surface area contributed by atoms with Crippen LogP contribution in [0, 0.1) is 5.82 Å². The van der Waals surface area contributed by atoms with Gasteiger partial charge in [-0.25, -0.2) is 4.39 Å². The molecule has 0 radical (unpaired) electrons. The number of nitrogens with zero attached hydrogens (tertiary/aromatic N) is 2. The van der Waals surface area contributed by atoms with Crippen molar-refractivity contribution in [2.45, 2.75) is 57.5 Å². The summed E-state index contributed by atoms with van der Waals surface area (Å²) in [5, 5.41) is 8.57. The van der Waals surface area contributed by atoms with Crippen molar-refractivity contribution in [2.75, 3.05) is 6.54 Å². The summed E-state index contributed by atoms with van der Waals surface area (Å²) in [6.07, 6.45) is 6.97. The molecule has 0 bridgehead atoms. The second-order valence-corrected chi connectivity index (χ2v) is 6.97. The van der Waals surface area contributed by atoms with Crippen LogP contribution in [-0.4, -0.2) is 22.4 Å². The molecule has 1 saturated carbocycles. The van der Waals surface area contributed by atoms with Crippen LogP contribution in [0.4, 0.5) is 4.39 Å². The number of halogens is 1. The van der Waals surface area contributed by atoms with Gasteiger partial charge in [-0.1, -0.05) is 12.8 Å². The van der Waals surface area contributed by atoms with E-state index in [0.29, 0.717) is 12.1 Å². The van der Waals surface area contributed by atoms with Crippen LogP contribution in [0.1, 0.15) is 49.9 Å². The lowest BCUT2D eigenvalue weighted by Gasteiger charge is -2.16. The summed E-state index contributed by atoms with van der Waals surface area (Å²) in [5.41, 5.74) is 4.92. The lowest BCUT2D eigenvalue weighted by molar-refractivity contribution is 0.462. The quantitative estimate of drug-likeness (QED) is 0.912. The zero-order valence-electron chi connectivity index (χ0n) is 13.7. The summed E-state index contributed by atoms with van der Waals surface area (Å²) < 4.78 is 15.6. The molecule has 1 aromatic heterocycles. The Bertz CT molecular complexity index is 683. The average molecular weight is 313 g/mol. The van der Waals surface area contributed by atoms with Crippen LogP contribution in [0.25, 0.3) is 11.3 Å². The summed E-state index contributed by atoms with van der Waals surface area (Å²) in [7, 11) is 0. The van der Waals surface area contributed by atoms with Crippen molar-refractivity contribution in [1.82, 2.24) is 15.1 Å². The molecule has 2 heterocycles. The highest BCUT2D eigenvalue weighted by Gasteiger charge is 2.27. The van der Waals surface area contributed by atoms with E-state index in [9.17, 15) is 4.39 Å². The molecule has 2 aromatic rings. The van der Waals surface area contributed by atoms with Gasteiger partial charge in [0.05, 0.1) is 17.4 Å². The monoisotopic (exact) mass is 313 g/mol. The van der Waals surface area contributed by atoms with Crippen molar-refractivity contribution in [2.24, 2.45) is 0 Å². The van der Waals surface area contributed by atoms with Crippen molar-refractivity contribution < 1.29 is 4.39 Å². The van der Waals surface area contributed by atoms with Crippen molar-refractivity contribution in [3.05, 3.63) is 41.3 Å². The SMILES string of the molecule is CC1Cc2nn(C3CCCC3)c(-c3ccc(F)cc3)c2CCN1. The number of aromatic nitrogens is 2. The highest BCUT2D eigenvalue weighted by Crippen LogP contribution is 2.37. The first-order chi connectivity index (χ1) is 11.2. The number of benzene rings is 1. The van der Waals surface area contributed by atoms with E-state index in [2.05, 4.69) is 16.9 Å². The molecular weight excluding hydrogens is 289 g/mol. The predicted octanol–water partition coefficient (Wildman–Crippen LogP) is 3.88. The molecule has 0 spiro atoms. The van der Waals surface area contributed by atoms with Crippen molar-refractivity contribution in [3.8, 4) is 11.3 Å². The molecule has 1 N–H and O–H groups in total. The van der Waals surface area contributed by atoms with E-state index in [0.717, 1.165) is 24.9 Å². The van der Waals surface area contributed by atoms with Crippen molar-refractivity contribution in [3.63, 3.8) is 0 Å². The minimum absolute atomic E-state index is 0.179. The minimum Gasteiger partial charge on any atom is -0.314 e. The van der Waals surface area contributed by atoms with Gasteiger partial charge in [0.1, 0.15) is 5.82 Å². The molecule has 0 saturated heterocycles. The fourth-order valence-corrected chi connectivity index (χ4v) is 4.08. The van der Waals surface area contributed by atoms with Crippen molar-refractivity contribution in [1.29, 1.82) is 0 Å². The fourth-order valence-electron chi connectivity index (χ4n) is 4.08. The lowest BCUT2D eigenvalue weighted by atomic mass is 10.0. The van der Waals surface area contributed by atoms with E-state index < -0.39 is 0 Å². The standard InChI is InChI=1S/C19H24FN3/c1-13-12-18-17(10-11-21-13)19(14-6-8-15(20)9-7-14)23(22-18)16-4-2-3-5-16/h6-9,13,16,21H,2-5,10-12H2,1H3. The maximum atomic E-state index is 13.4. The highest BCUT2D eigenvalue weighted by molar-refractivity contribution is 5.65. The summed E-state index contributed by atoms with van der Waals surface area (Å²) in [6.45, 7) is 3.21.